The molecule has 0 bridgehead atoms. The first-order valence-electron chi connectivity index (χ1n) is 7.24. The molecule has 5 nitrogen and oxygen atoms in total. The third-order valence-corrected chi connectivity index (χ3v) is 3.07. The van der Waals surface area contributed by atoms with Crippen molar-refractivity contribution >= 4 is 23.1 Å². The van der Waals surface area contributed by atoms with Crippen LogP contribution >= 0.6 is 17.0 Å². The predicted octanol–water partition coefficient (Wildman–Crippen LogP) is 1.98. The van der Waals surface area contributed by atoms with E-state index in [2.05, 4.69) is 12.1 Å². The van der Waals surface area contributed by atoms with E-state index in [-0.39, 0.29) is 17.0 Å². The lowest BCUT2D eigenvalue weighted by molar-refractivity contribution is -0.688. The summed E-state index contributed by atoms with van der Waals surface area (Å²) in [6.45, 7) is 5.37. The highest BCUT2D eigenvalue weighted by atomic mass is 79.9. The van der Waals surface area contributed by atoms with Crippen LogP contribution in [0.3, 0.4) is 0 Å². The number of hydrogen-bond acceptors (Lipinski definition) is 3. The lowest BCUT2D eigenvalue weighted by Gasteiger charge is -2.20. The molecule has 0 fully saturated rings. The van der Waals surface area contributed by atoms with Crippen LogP contribution in [0.4, 0.5) is 4.79 Å². The molecule has 0 unspecified atom stereocenters. The normalized spacial score (nSPS) is 9.13. The molecule has 0 saturated carbocycles. The summed E-state index contributed by atoms with van der Waals surface area (Å²) in [5.41, 5.74) is 1.23. The molecule has 0 atom stereocenters. The van der Waals surface area contributed by atoms with Gasteiger partial charge in [0.1, 0.15) is 6.09 Å². The van der Waals surface area contributed by atoms with Crippen molar-refractivity contribution in [3.05, 3.63) is 60.4 Å². The Kier molecular flexibility index (Phi) is 10.4. The first kappa shape index (κ1) is 20.9. The van der Waals surface area contributed by atoms with Crippen LogP contribution in [0, 0.1) is 0 Å². The topological polar surface area (TPSA) is 67.5 Å². The van der Waals surface area contributed by atoms with E-state index >= 15 is 0 Å². The number of halogens is 1. The maximum absolute atomic E-state index is 9.98. The van der Waals surface area contributed by atoms with Gasteiger partial charge in [0, 0.05) is 24.7 Å². The van der Waals surface area contributed by atoms with Gasteiger partial charge in [0.25, 0.3) is 0 Å². The van der Waals surface area contributed by atoms with Crippen molar-refractivity contribution < 1.29 is 19.6 Å². The highest BCUT2D eigenvalue weighted by Crippen LogP contribution is 2.02. The largest absolute Gasteiger partial charge is 0.530 e. The lowest BCUT2D eigenvalue weighted by atomic mass is 10.2. The Morgan fingerprint density at radius 2 is 1.74 bits per heavy atom. The summed E-state index contributed by atoms with van der Waals surface area (Å²) in [5.74, 6) is 0.295. The molecule has 1 aromatic carbocycles. The van der Waals surface area contributed by atoms with E-state index in [9.17, 15) is 15.0 Å². The molecule has 0 saturated heterocycles. The van der Waals surface area contributed by atoms with Crippen LogP contribution in [0.1, 0.15) is 19.4 Å². The standard InChI is InChI=1S/C12H11NO.C5H11NO2.BrH/c14-12-7-4-8-13(10-12)9-11-5-2-1-3-6-11;1-3-6(4-2)5(7)8;/h1-8,10H,9H2;3-4H2,1-2H3,(H,7,8);1H. The number of aromatic hydroxyl groups is 1. The van der Waals surface area contributed by atoms with Crippen molar-refractivity contribution in [2.45, 2.75) is 20.4 Å². The van der Waals surface area contributed by atoms with Gasteiger partial charge in [-0.3, -0.25) is 0 Å². The second kappa shape index (κ2) is 11.5. The van der Waals surface area contributed by atoms with Gasteiger partial charge < -0.3 is 19.9 Å². The summed E-state index contributed by atoms with van der Waals surface area (Å²) >= 11 is 0. The number of rotatable bonds is 4. The second-order valence-corrected chi connectivity index (χ2v) is 4.66. The molecule has 23 heavy (non-hydrogen) atoms. The van der Waals surface area contributed by atoms with E-state index in [0.717, 1.165) is 6.54 Å². The van der Waals surface area contributed by atoms with Crippen molar-refractivity contribution in [2.24, 2.45) is 0 Å². The van der Waals surface area contributed by atoms with Crippen molar-refractivity contribution in [3.8, 4) is 5.75 Å². The van der Waals surface area contributed by atoms with Gasteiger partial charge in [0.2, 0.25) is 6.20 Å². The van der Waals surface area contributed by atoms with Crippen LogP contribution < -0.4 is 9.67 Å². The Balaban J connectivity index is 0.000000469. The van der Waals surface area contributed by atoms with Gasteiger partial charge in [0.05, 0.1) is 0 Å². The molecule has 1 N–H and O–H groups in total. The van der Waals surface area contributed by atoms with E-state index in [4.69, 9.17) is 0 Å². The lowest BCUT2D eigenvalue weighted by Crippen LogP contribution is -2.40. The highest BCUT2D eigenvalue weighted by Gasteiger charge is 2.02. The molecule has 2 rings (SSSR count). The fraction of sp³-hybridized carbons (Fsp3) is 0.294. The highest BCUT2D eigenvalue weighted by molar-refractivity contribution is 8.93. The molecule has 1 aromatic heterocycles. The molecule has 6 heteroatoms. The Morgan fingerprint density at radius 1 is 1.13 bits per heavy atom. The molecule has 2 aromatic rings. The fourth-order valence-electron chi connectivity index (χ4n) is 1.88. The number of nitrogens with zero attached hydrogens (tertiary/aromatic N) is 2. The average molecular weight is 383 g/mol. The predicted molar refractivity (Wildman–Crippen MR) is 92.5 cm³/mol. The zero-order chi connectivity index (χ0) is 16.4. The van der Waals surface area contributed by atoms with Crippen molar-refractivity contribution in [1.29, 1.82) is 0 Å². The van der Waals surface area contributed by atoms with Crippen molar-refractivity contribution in [1.82, 2.24) is 4.90 Å². The summed E-state index contributed by atoms with van der Waals surface area (Å²) in [7, 11) is 0. The number of amides is 1. The van der Waals surface area contributed by atoms with Crippen LogP contribution in [0.5, 0.6) is 5.75 Å². The average Bonchev–Trinajstić information content (AvgIpc) is 2.50. The third kappa shape index (κ3) is 8.21. The van der Waals surface area contributed by atoms with Crippen LogP contribution in [-0.2, 0) is 6.54 Å². The minimum atomic E-state index is -1.09. The Morgan fingerprint density at radius 3 is 2.17 bits per heavy atom. The number of aromatic nitrogens is 1. The molecule has 0 aliphatic rings. The van der Waals surface area contributed by atoms with Crippen LogP contribution in [0.2, 0.25) is 0 Å². The molecule has 0 spiro atoms. The number of pyridine rings is 1. The van der Waals surface area contributed by atoms with Gasteiger partial charge >= 0.3 is 0 Å². The van der Waals surface area contributed by atoms with E-state index in [1.807, 2.05) is 35.0 Å². The Bertz CT molecular complexity index is 575. The minimum Gasteiger partial charge on any atom is -0.530 e. The molecule has 1 amide bonds. The molecule has 0 aliphatic heterocycles. The second-order valence-electron chi connectivity index (χ2n) is 4.66. The van der Waals surface area contributed by atoms with E-state index in [1.165, 1.54) is 10.5 Å². The van der Waals surface area contributed by atoms with Crippen LogP contribution in [-0.4, -0.2) is 29.2 Å². The van der Waals surface area contributed by atoms with Gasteiger partial charge in [-0.1, -0.05) is 30.3 Å². The summed E-state index contributed by atoms with van der Waals surface area (Å²) in [6, 6.07) is 13.7. The van der Waals surface area contributed by atoms with Crippen LogP contribution in [0.25, 0.3) is 0 Å². The molecular weight excluding hydrogens is 360 g/mol. The monoisotopic (exact) mass is 382 g/mol. The van der Waals surface area contributed by atoms with E-state index in [1.54, 1.807) is 26.1 Å². The molecule has 126 valence electrons. The fourth-order valence-corrected chi connectivity index (χ4v) is 1.88. The molecule has 1 heterocycles. The van der Waals surface area contributed by atoms with Gasteiger partial charge in [-0.2, -0.15) is 4.57 Å². The van der Waals surface area contributed by atoms with E-state index in [0.29, 0.717) is 18.8 Å². The SMILES string of the molecule is Br.CCN(CC)C(=O)[O-].Oc1ccc[n+](Cc2ccccc2)c1. The molecular formula is C17H23BrN2O3. The zero-order valence-electron chi connectivity index (χ0n) is 13.4. The third-order valence-electron chi connectivity index (χ3n) is 3.07. The number of benzene rings is 1. The van der Waals surface area contributed by atoms with Gasteiger partial charge in [0.15, 0.2) is 18.5 Å². The summed E-state index contributed by atoms with van der Waals surface area (Å²) in [5, 5.41) is 19.2. The number of carboxylic acid groups (broad SMARTS) is 1. The summed E-state index contributed by atoms with van der Waals surface area (Å²) < 4.78 is 1.95. The number of carbonyl (C=O) groups is 1. The quantitative estimate of drug-likeness (QED) is 0.821. The maximum atomic E-state index is 9.98. The first-order valence-corrected chi connectivity index (χ1v) is 7.24. The number of carbonyl (C=O) groups excluding carboxylic acids is 1. The van der Waals surface area contributed by atoms with Crippen molar-refractivity contribution in [2.75, 3.05) is 13.1 Å². The van der Waals surface area contributed by atoms with E-state index < -0.39 is 6.09 Å². The zero-order valence-corrected chi connectivity index (χ0v) is 15.1. The maximum Gasteiger partial charge on any atom is 0.211 e. The first-order chi connectivity index (χ1) is 10.6. The smallest absolute Gasteiger partial charge is 0.211 e. The van der Waals surface area contributed by atoms with Crippen molar-refractivity contribution in [3.63, 3.8) is 0 Å². The van der Waals surface area contributed by atoms with Gasteiger partial charge in [-0.25, -0.2) is 0 Å². The Hall–Kier alpha value is -2.08. The summed E-state index contributed by atoms with van der Waals surface area (Å²) in [4.78, 5) is 11.2. The van der Waals surface area contributed by atoms with Gasteiger partial charge in [-0.15, -0.1) is 17.0 Å². The summed E-state index contributed by atoms with van der Waals surface area (Å²) in [6.07, 6.45) is 2.56. The van der Waals surface area contributed by atoms with Gasteiger partial charge in [-0.05, 0) is 19.9 Å². The molecule has 0 radical (unpaired) electrons. The number of hydrogen-bond donors (Lipinski definition) is 1. The minimum absolute atomic E-state index is 0. The Labute approximate surface area is 147 Å². The van der Waals surface area contributed by atoms with Crippen LogP contribution in [0.15, 0.2) is 54.9 Å². The molecule has 0 aliphatic carbocycles.